The molecule has 1 heterocycles. The van der Waals surface area contributed by atoms with Gasteiger partial charge in [0.05, 0.1) is 9.50 Å². The molecule has 0 saturated heterocycles. The second-order valence-electron chi connectivity index (χ2n) is 4.19. The van der Waals surface area contributed by atoms with E-state index >= 15 is 0 Å². The molecule has 0 aliphatic rings. The summed E-state index contributed by atoms with van der Waals surface area (Å²) in [5.41, 5.74) is 1.63. The van der Waals surface area contributed by atoms with Crippen LogP contribution in [0.5, 0.6) is 0 Å². The zero-order chi connectivity index (χ0) is 14.2. The van der Waals surface area contributed by atoms with Crippen molar-refractivity contribution in [1.82, 2.24) is 4.57 Å². The third-order valence-electron chi connectivity index (χ3n) is 2.72. The molecule has 1 amide bonds. The largest absolute Gasteiger partial charge is 0.345 e. The number of nitrogens with zero attached hydrogens (tertiary/aromatic N) is 1. The number of hydrogen-bond donors (Lipinski definition) is 1. The van der Waals surface area contributed by atoms with Crippen LogP contribution in [0.2, 0.25) is 5.02 Å². The predicted molar refractivity (Wildman–Crippen MR) is 77.2 cm³/mol. The van der Waals surface area contributed by atoms with Gasteiger partial charge in [-0.15, -0.1) is 0 Å². The van der Waals surface area contributed by atoms with Crippen LogP contribution in [0.25, 0.3) is 0 Å². The highest BCUT2D eigenvalue weighted by atomic mass is 79.9. The molecule has 0 aliphatic heterocycles. The van der Waals surface area contributed by atoms with Crippen molar-refractivity contribution in [2.75, 3.05) is 5.32 Å². The lowest BCUT2D eigenvalue weighted by Gasteiger charge is -2.10. The Hall–Kier alpha value is -1.33. The summed E-state index contributed by atoms with van der Waals surface area (Å²) in [5, 5.41) is 3.22. The van der Waals surface area contributed by atoms with Crippen LogP contribution in [0.15, 0.2) is 28.9 Å². The van der Waals surface area contributed by atoms with Gasteiger partial charge >= 0.3 is 0 Å². The van der Waals surface area contributed by atoms with Crippen molar-refractivity contribution in [1.29, 1.82) is 0 Å². The van der Waals surface area contributed by atoms with E-state index in [9.17, 15) is 9.18 Å². The fraction of sp³-hybridized carbons (Fsp3) is 0.154. The summed E-state index contributed by atoms with van der Waals surface area (Å²) in [6.45, 7) is 1.73. The lowest BCUT2D eigenvalue weighted by atomic mass is 10.2. The molecule has 6 heteroatoms. The summed E-state index contributed by atoms with van der Waals surface area (Å²) in [4.78, 5) is 12.1. The molecule has 2 aromatic rings. The molecule has 3 nitrogen and oxygen atoms in total. The van der Waals surface area contributed by atoms with E-state index in [0.717, 1.165) is 0 Å². The van der Waals surface area contributed by atoms with E-state index in [-0.39, 0.29) is 11.7 Å². The Balaban J connectivity index is 2.29. The van der Waals surface area contributed by atoms with Gasteiger partial charge in [-0.3, -0.25) is 4.79 Å². The van der Waals surface area contributed by atoms with Crippen molar-refractivity contribution in [2.45, 2.75) is 6.92 Å². The number of rotatable bonds is 2. The zero-order valence-electron chi connectivity index (χ0n) is 10.3. The van der Waals surface area contributed by atoms with Gasteiger partial charge in [-0.2, -0.15) is 0 Å². The van der Waals surface area contributed by atoms with Gasteiger partial charge in [0.25, 0.3) is 5.91 Å². The number of halogens is 3. The highest BCUT2D eigenvalue weighted by molar-refractivity contribution is 9.10. The smallest absolute Gasteiger partial charge is 0.272 e. The highest BCUT2D eigenvalue weighted by Crippen LogP contribution is 2.25. The first-order valence-electron chi connectivity index (χ1n) is 5.47. The van der Waals surface area contributed by atoms with Gasteiger partial charge in [0.2, 0.25) is 0 Å². The van der Waals surface area contributed by atoms with E-state index in [2.05, 4.69) is 21.2 Å². The molecular weight excluding hydrogens is 335 g/mol. The summed E-state index contributed by atoms with van der Waals surface area (Å²) in [7, 11) is 1.73. The molecule has 0 unspecified atom stereocenters. The summed E-state index contributed by atoms with van der Waals surface area (Å²) < 4.78 is 15.2. The van der Waals surface area contributed by atoms with Crippen molar-refractivity contribution in [3.63, 3.8) is 0 Å². The van der Waals surface area contributed by atoms with Crippen LogP contribution in [0.4, 0.5) is 10.1 Å². The maximum absolute atomic E-state index is 13.3. The zero-order valence-corrected chi connectivity index (χ0v) is 12.6. The molecule has 1 N–H and O–H groups in total. The minimum absolute atomic E-state index is 0.295. The Morgan fingerprint density at radius 3 is 2.68 bits per heavy atom. The molecular formula is C13H11BrClFN2O. The monoisotopic (exact) mass is 344 g/mol. The van der Waals surface area contributed by atoms with E-state index in [1.807, 2.05) is 0 Å². The first-order chi connectivity index (χ1) is 8.88. The number of hydrogen-bond acceptors (Lipinski definition) is 1. The molecule has 0 atom stereocenters. The summed E-state index contributed by atoms with van der Waals surface area (Å²) in [6.07, 6.45) is 1.64. The van der Waals surface area contributed by atoms with E-state index < -0.39 is 0 Å². The van der Waals surface area contributed by atoms with Crippen molar-refractivity contribution >= 4 is 39.1 Å². The number of carbonyl (C=O) groups excluding carboxylic acids is 1. The van der Waals surface area contributed by atoms with Crippen molar-refractivity contribution < 1.29 is 9.18 Å². The van der Waals surface area contributed by atoms with Crippen molar-refractivity contribution in [2.24, 2.45) is 7.05 Å². The van der Waals surface area contributed by atoms with Crippen LogP contribution in [0.1, 0.15) is 16.1 Å². The molecule has 1 aromatic carbocycles. The normalized spacial score (nSPS) is 10.6. The van der Waals surface area contributed by atoms with Gasteiger partial charge in [0.15, 0.2) is 0 Å². The third kappa shape index (κ3) is 2.98. The van der Waals surface area contributed by atoms with Crippen LogP contribution in [-0.2, 0) is 7.05 Å². The SMILES string of the molecule is Cc1cc(F)c(Br)cc1NC(=O)c1cc(Cl)cn1C. The minimum atomic E-state index is -0.364. The Morgan fingerprint density at radius 2 is 2.11 bits per heavy atom. The van der Waals surface area contributed by atoms with Crippen LogP contribution >= 0.6 is 27.5 Å². The lowest BCUT2D eigenvalue weighted by Crippen LogP contribution is -2.16. The van der Waals surface area contributed by atoms with Gasteiger partial charge in [-0.25, -0.2) is 4.39 Å². The Morgan fingerprint density at radius 1 is 1.42 bits per heavy atom. The second kappa shape index (κ2) is 5.35. The number of aryl methyl sites for hydroxylation is 2. The molecule has 1 aromatic heterocycles. The fourth-order valence-corrected chi connectivity index (χ4v) is 2.31. The molecule has 0 spiro atoms. The minimum Gasteiger partial charge on any atom is -0.345 e. The Labute approximate surface area is 123 Å². The molecule has 0 bridgehead atoms. The number of aromatic nitrogens is 1. The van der Waals surface area contributed by atoms with Crippen LogP contribution < -0.4 is 5.32 Å². The van der Waals surface area contributed by atoms with E-state index in [4.69, 9.17) is 11.6 Å². The van der Waals surface area contributed by atoms with Crippen LogP contribution in [-0.4, -0.2) is 10.5 Å². The number of benzene rings is 1. The van der Waals surface area contributed by atoms with Gasteiger partial charge in [-0.05, 0) is 46.6 Å². The maximum Gasteiger partial charge on any atom is 0.272 e. The molecule has 0 radical (unpaired) electrons. The first-order valence-corrected chi connectivity index (χ1v) is 6.64. The molecule has 0 fully saturated rings. The topological polar surface area (TPSA) is 34.0 Å². The number of anilines is 1. The molecule has 19 heavy (non-hydrogen) atoms. The van der Waals surface area contributed by atoms with Crippen LogP contribution in [0, 0.1) is 12.7 Å². The van der Waals surface area contributed by atoms with Gasteiger partial charge in [0.1, 0.15) is 11.5 Å². The maximum atomic E-state index is 13.3. The molecule has 2 rings (SSSR count). The van der Waals surface area contributed by atoms with Crippen molar-refractivity contribution in [3.8, 4) is 0 Å². The fourth-order valence-electron chi connectivity index (χ4n) is 1.72. The van der Waals surface area contributed by atoms with Gasteiger partial charge < -0.3 is 9.88 Å². The van der Waals surface area contributed by atoms with Crippen LogP contribution in [0.3, 0.4) is 0 Å². The first kappa shape index (κ1) is 14.1. The highest BCUT2D eigenvalue weighted by Gasteiger charge is 2.13. The van der Waals surface area contributed by atoms with E-state index in [0.29, 0.717) is 26.4 Å². The standard InChI is InChI=1S/C13H11BrClFN2O/c1-7-3-10(16)9(14)5-11(7)17-13(19)12-4-8(15)6-18(12)2/h3-6H,1-2H3,(H,17,19). The number of amides is 1. The van der Waals surface area contributed by atoms with E-state index in [1.165, 1.54) is 12.1 Å². The average Bonchev–Trinajstić information content (AvgIpc) is 2.65. The summed E-state index contributed by atoms with van der Waals surface area (Å²) in [6, 6.07) is 4.47. The van der Waals surface area contributed by atoms with Gasteiger partial charge in [0, 0.05) is 18.9 Å². The summed E-state index contributed by atoms with van der Waals surface area (Å²) >= 11 is 8.92. The summed E-state index contributed by atoms with van der Waals surface area (Å²) in [5.74, 6) is -0.659. The number of nitrogens with one attached hydrogen (secondary N) is 1. The Bertz CT molecular complexity index is 654. The second-order valence-corrected chi connectivity index (χ2v) is 5.48. The predicted octanol–water partition coefficient (Wildman–Crippen LogP) is 4.14. The van der Waals surface area contributed by atoms with E-state index in [1.54, 1.807) is 30.8 Å². The average molecular weight is 346 g/mol. The molecule has 0 aliphatic carbocycles. The number of carbonyl (C=O) groups is 1. The molecule has 0 saturated carbocycles. The molecule has 100 valence electrons. The quantitative estimate of drug-likeness (QED) is 0.872. The lowest BCUT2D eigenvalue weighted by molar-refractivity contribution is 0.101. The third-order valence-corrected chi connectivity index (χ3v) is 3.53. The Kier molecular flexibility index (Phi) is 3.96. The van der Waals surface area contributed by atoms with Gasteiger partial charge in [-0.1, -0.05) is 11.6 Å². The van der Waals surface area contributed by atoms with Crippen molar-refractivity contribution in [3.05, 3.63) is 51.0 Å².